The molecule has 1 aromatic heterocycles. The minimum Gasteiger partial charge on any atom is -0.494 e. The summed E-state index contributed by atoms with van der Waals surface area (Å²) in [5.41, 5.74) is 1.64. The molecule has 0 saturated carbocycles. The van der Waals surface area contributed by atoms with Crippen molar-refractivity contribution in [2.24, 2.45) is 4.99 Å². The highest BCUT2D eigenvalue weighted by Gasteiger charge is 2.14. The number of methoxy groups -OCH3 is 1. The normalized spacial score (nSPS) is 11.9. The summed E-state index contributed by atoms with van der Waals surface area (Å²) in [5.74, 6) is 0.538. The van der Waals surface area contributed by atoms with Crippen molar-refractivity contribution in [1.29, 1.82) is 0 Å². The lowest BCUT2D eigenvalue weighted by Gasteiger charge is -2.06. The first-order valence-electron chi connectivity index (χ1n) is 8.79. The number of ether oxygens (including phenoxy) is 2. The number of fused-ring (bicyclic) bond motifs is 1. The largest absolute Gasteiger partial charge is 0.494 e. The van der Waals surface area contributed by atoms with E-state index in [1.165, 1.54) is 11.3 Å². The number of amides is 1. The molecule has 0 spiro atoms. The maximum absolute atomic E-state index is 12.6. The maximum atomic E-state index is 12.6. The van der Waals surface area contributed by atoms with Crippen LogP contribution in [0.5, 0.6) is 5.75 Å². The van der Waals surface area contributed by atoms with Crippen LogP contribution < -0.4 is 9.54 Å². The van der Waals surface area contributed by atoms with Crippen molar-refractivity contribution in [2.45, 2.75) is 19.9 Å². The van der Waals surface area contributed by atoms with Gasteiger partial charge in [-0.15, -0.1) is 0 Å². The predicted octanol–water partition coefficient (Wildman–Crippen LogP) is 4.72. The van der Waals surface area contributed by atoms with E-state index in [9.17, 15) is 4.79 Å². The van der Waals surface area contributed by atoms with Crippen molar-refractivity contribution < 1.29 is 14.3 Å². The first kappa shape index (κ1) is 20.9. The zero-order chi connectivity index (χ0) is 20.1. The Morgan fingerprint density at radius 1 is 1.14 bits per heavy atom. The van der Waals surface area contributed by atoms with Gasteiger partial charge >= 0.3 is 0 Å². The number of carbonyl (C=O) groups excluding carboxylic acids is 1. The third-order valence-electron chi connectivity index (χ3n) is 4.06. The SMILES string of the molecule is CCOc1ccc(CC(=O)N=c2sc3c(Cl)ccc(Cl)c3n2CCOC)cc1. The molecule has 3 rings (SSSR count). The van der Waals surface area contributed by atoms with Gasteiger partial charge < -0.3 is 14.0 Å². The van der Waals surface area contributed by atoms with E-state index in [1.54, 1.807) is 19.2 Å². The molecule has 28 heavy (non-hydrogen) atoms. The van der Waals surface area contributed by atoms with Crippen molar-refractivity contribution in [1.82, 2.24) is 4.57 Å². The Kier molecular flexibility index (Phi) is 7.13. The third-order valence-corrected chi connectivity index (χ3v) is 5.90. The summed E-state index contributed by atoms with van der Waals surface area (Å²) in [6, 6.07) is 10.9. The van der Waals surface area contributed by atoms with Crippen molar-refractivity contribution in [3.05, 3.63) is 56.8 Å². The number of hydrogen-bond acceptors (Lipinski definition) is 4. The summed E-state index contributed by atoms with van der Waals surface area (Å²) in [5, 5.41) is 1.14. The number of carbonyl (C=O) groups is 1. The van der Waals surface area contributed by atoms with E-state index < -0.39 is 0 Å². The van der Waals surface area contributed by atoms with Crippen LogP contribution in [0.3, 0.4) is 0 Å². The minimum absolute atomic E-state index is 0.201. The highest BCUT2D eigenvalue weighted by atomic mass is 35.5. The molecule has 0 N–H and O–H groups in total. The molecule has 0 unspecified atom stereocenters. The lowest BCUT2D eigenvalue weighted by Crippen LogP contribution is -2.20. The van der Waals surface area contributed by atoms with E-state index >= 15 is 0 Å². The second-order valence-corrected chi connectivity index (χ2v) is 7.79. The molecular formula is C20H20Cl2N2O3S. The highest BCUT2D eigenvalue weighted by Crippen LogP contribution is 2.31. The average Bonchev–Trinajstić information content (AvgIpc) is 3.04. The van der Waals surface area contributed by atoms with E-state index in [2.05, 4.69) is 4.99 Å². The van der Waals surface area contributed by atoms with Gasteiger partial charge in [-0.2, -0.15) is 4.99 Å². The topological polar surface area (TPSA) is 52.8 Å². The number of halogens is 2. The molecule has 2 aromatic carbocycles. The number of benzene rings is 2. The molecule has 5 nitrogen and oxygen atoms in total. The Bertz CT molecular complexity index is 1040. The Hall–Kier alpha value is -1.86. The van der Waals surface area contributed by atoms with E-state index in [4.69, 9.17) is 32.7 Å². The van der Waals surface area contributed by atoms with Crippen LogP contribution in [0.15, 0.2) is 41.4 Å². The molecule has 0 bridgehead atoms. The summed E-state index contributed by atoms with van der Waals surface area (Å²) < 4.78 is 13.3. The summed E-state index contributed by atoms with van der Waals surface area (Å²) in [4.78, 5) is 17.4. The molecule has 3 aromatic rings. The Labute approximate surface area is 177 Å². The molecule has 148 valence electrons. The monoisotopic (exact) mass is 438 g/mol. The Balaban J connectivity index is 1.94. The Morgan fingerprint density at radius 2 is 1.86 bits per heavy atom. The van der Waals surface area contributed by atoms with Crippen LogP contribution in [0, 0.1) is 0 Å². The van der Waals surface area contributed by atoms with Gasteiger partial charge in [0.05, 0.1) is 39.9 Å². The lowest BCUT2D eigenvalue weighted by molar-refractivity contribution is -0.117. The molecule has 0 saturated heterocycles. The molecule has 0 aliphatic rings. The molecule has 8 heteroatoms. The van der Waals surface area contributed by atoms with Crippen LogP contribution in [0.1, 0.15) is 12.5 Å². The number of nitrogens with zero attached hydrogens (tertiary/aromatic N) is 2. The zero-order valence-electron chi connectivity index (χ0n) is 15.6. The smallest absolute Gasteiger partial charge is 0.252 e. The van der Waals surface area contributed by atoms with E-state index in [0.717, 1.165) is 21.5 Å². The molecule has 0 fully saturated rings. The van der Waals surface area contributed by atoms with Crippen molar-refractivity contribution in [3.8, 4) is 5.75 Å². The van der Waals surface area contributed by atoms with Gasteiger partial charge in [-0.25, -0.2) is 0 Å². The van der Waals surface area contributed by atoms with Gasteiger partial charge in [0.2, 0.25) is 0 Å². The van der Waals surface area contributed by atoms with Crippen LogP contribution in [-0.2, 0) is 22.5 Å². The van der Waals surface area contributed by atoms with Crippen LogP contribution >= 0.6 is 34.5 Å². The first-order chi connectivity index (χ1) is 13.5. The van der Waals surface area contributed by atoms with Crippen LogP contribution in [-0.4, -0.2) is 30.8 Å². The summed E-state index contributed by atoms with van der Waals surface area (Å²) in [7, 11) is 1.62. The first-order valence-corrected chi connectivity index (χ1v) is 10.4. The van der Waals surface area contributed by atoms with E-state index in [0.29, 0.717) is 34.6 Å². The van der Waals surface area contributed by atoms with Gasteiger partial charge in [-0.1, -0.05) is 46.7 Å². The van der Waals surface area contributed by atoms with Crippen molar-refractivity contribution in [2.75, 3.05) is 20.3 Å². The fourth-order valence-corrected chi connectivity index (χ4v) is 4.47. The molecule has 1 heterocycles. The number of aromatic nitrogens is 1. The van der Waals surface area contributed by atoms with Gasteiger partial charge in [0, 0.05) is 13.7 Å². The lowest BCUT2D eigenvalue weighted by atomic mass is 10.1. The molecule has 0 radical (unpaired) electrons. The Morgan fingerprint density at radius 3 is 2.54 bits per heavy atom. The quantitative estimate of drug-likeness (QED) is 0.535. The van der Waals surface area contributed by atoms with Crippen LogP contribution in [0.2, 0.25) is 10.0 Å². The number of thiazole rings is 1. The van der Waals surface area contributed by atoms with E-state index in [-0.39, 0.29) is 12.3 Å². The molecule has 0 aliphatic heterocycles. The molecular weight excluding hydrogens is 419 g/mol. The van der Waals surface area contributed by atoms with Gasteiger partial charge in [-0.05, 0) is 36.8 Å². The second kappa shape index (κ2) is 9.56. The third kappa shape index (κ3) is 4.75. The number of rotatable bonds is 7. The molecule has 0 atom stereocenters. The van der Waals surface area contributed by atoms with Gasteiger partial charge in [0.25, 0.3) is 5.91 Å². The summed E-state index contributed by atoms with van der Waals surface area (Å²) in [6.07, 6.45) is 0.201. The zero-order valence-corrected chi connectivity index (χ0v) is 17.9. The fraction of sp³-hybridized carbons (Fsp3) is 0.300. The highest BCUT2D eigenvalue weighted by molar-refractivity contribution is 7.17. The standard InChI is InChI=1S/C20H20Cl2N2O3S/c1-3-27-14-6-4-13(5-7-14)12-17(25)23-20-24(10-11-26-2)18-15(21)8-9-16(22)19(18)28-20/h4-9H,3,10-12H2,1-2H3. The van der Waals surface area contributed by atoms with Gasteiger partial charge in [0.1, 0.15) is 5.75 Å². The van der Waals surface area contributed by atoms with Gasteiger partial charge in [0.15, 0.2) is 4.80 Å². The predicted molar refractivity (Wildman–Crippen MR) is 114 cm³/mol. The summed E-state index contributed by atoms with van der Waals surface area (Å²) >= 11 is 14.1. The van der Waals surface area contributed by atoms with Gasteiger partial charge in [-0.3, -0.25) is 4.79 Å². The average molecular weight is 439 g/mol. The minimum atomic E-state index is -0.242. The number of hydrogen-bond donors (Lipinski definition) is 0. The van der Waals surface area contributed by atoms with Crippen LogP contribution in [0.25, 0.3) is 10.2 Å². The van der Waals surface area contributed by atoms with Crippen molar-refractivity contribution >= 4 is 50.7 Å². The molecule has 0 aliphatic carbocycles. The summed E-state index contributed by atoms with van der Waals surface area (Å²) in [6.45, 7) is 3.52. The van der Waals surface area contributed by atoms with Crippen molar-refractivity contribution in [3.63, 3.8) is 0 Å². The fourth-order valence-electron chi connectivity index (χ4n) is 2.78. The van der Waals surface area contributed by atoms with Crippen LogP contribution in [0.4, 0.5) is 0 Å². The molecule has 1 amide bonds. The van der Waals surface area contributed by atoms with E-state index in [1.807, 2.05) is 35.8 Å². The second-order valence-electron chi connectivity index (χ2n) is 6.00. The maximum Gasteiger partial charge on any atom is 0.252 e.